The van der Waals surface area contributed by atoms with Gasteiger partial charge in [-0.15, -0.1) is 0 Å². The summed E-state index contributed by atoms with van der Waals surface area (Å²) in [6.45, 7) is 0.574. The molecule has 1 aliphatic heterocycles. The fourth-order valence-electron chi connectivity index (χ4n) is 3.60. The fraction of sp³-hybridized carbons (Fsp3) is 0.350. The van der Waals surface area contributed by atoms with E-state index in [0.29, 0.717) is 13.0 Å². The minimum Gasteiger partial charge on any atom is -0.493 e. The summed E-state index contributed by atoms with van der Waals surface area (Å²) in [5.74, 6) is 0.511. The Hall–Kier alpha value is -2.29. The van der Waals surface area contributed by atoms with Crippen LogP contribution in [0, 0.1) is 0 Å². The van der Waals surface area contributed by atoms with Crippen LogP contribution in [-0.2, 0) is 22.4 Å². The minimum absolute atomic E-state index is 0.00703. The molecule has 0 radical (unpaired) electrons. The smallest absolute Gasteiger partial charge is 0.313 e. The summed E-state index contributed by atoms with van der Waals surface area (Å²) in [6, 6.07) is 16.2. The summed E-state index contributed by atoms with van der Waals surface area (Å²) in [6.07, 6.45) is 3.41. The van der Waals surface area contributed by atoms with Crippen LogP contribution in [0.5, 0.6) is 5.75 Å². The van der Waals surface area contributed by atoms with Crippen molar-refractivity contribution in [3.05, 3.63) is 65.2 Å². The molecule has 2 unspecified atom stereocenters. The molecule has 1 aliphatic carbocycles. The third-order valence-electron chi connectivity index (χ3n) is 4.83. The second-order valence-corrected chi connectivity index (χ2v) is 6.30. The van der Waals surface area contributed by atoms with E-state index in [-0.39, 0.29) is 18.0 Å². The third-order valence-corrected chi connectivity index (χ3v) is 4.83. The third kappa shape index (κ3) is 2.83. The number of fused-ring (bicyclic) bond motifs is 2. The van der Waals surface area contributed by atoms with Crippen molar-refractivity contribution in [2.75, 3.05) is 6.61 Å². The molecule has 23 heavy (non-hydrogen) atoms. The van der Waals surface area contributed by atoms with Gasteiger partial charge in [-0.3, -0.25) is 4.79 Å². The summed E-state index contributed by atoms with van der Waals surface area (Å²) in [5, 5.41) is 0. The zero-order valence-electron chi connectivity index (χ0n) is 13.0. The predicted octanol–water partition coefficient (Wildman–Crippen LogP) is 3.65. The van der Waals surface area contributed by atoms with Crippen molar-refractivity contribution >= 4 is 5.97 Å². The standard InChI is InChI=1S/C20H20O3/c21-20(18-11-12-22-19-8-4-3-7-17(18)19)23-16-10-9-14-5-1-2-6-15(14)13-16/h1-8,16,18H,9-13H2. The molecule has 0 aromatic heterocycles. The number of hydrogen-bond donors (Lipinski definition) is 0. The number of carbonyl (C=O) groups is 1. The van der Waals surface area contributed by atoms with Crippen molar-refractivity contribution in [3.8, 4) is 5.75 Å². The van der Waals surface area contributed by atoms with E-state index in [2.05, 4.69) is 24.3 Å². The topological polar surface area (TPSA) is 35.5 Å². The lowest BCUT2D eigenvalue weighted by molar-refractivity contribution is -0.152. The van der Waals surface area contributed by atoms with Gasteiger partial charge in [-0.25, -0.2) is 0 Å². The van der Waals surface area contributed by atoms with Gasteiger partial charge >= 0.3 is 5.97 Å². The van der Waals surface area contributed by atoms with Gasteiger partial charge in [0.15, 0.2) is 0 Å². The first-order valence-corrected chi connectivity index (χ1v) is 8.30. The molecule has 4 rings (SSSR count). The molecule has 3 nitrogen and oxygen atoms in total. The molecule has 3 heteroatoms. The maximum Gasteiger partial charge on any atom is 0.313 e. The van der Waals surface area contributed by atoms with Gasteiger partial charge in [0.05, 0.1) is 12.5 Å². The lowest BCUT2D eigenvalue weighted by atomic mass is 9.89. The average molecular weight is 308 g/mol. The maximum atomic E-state index is 12.7. The number of benzene rings is 2. The zero-order chi connectivity index (χ0) is 15.6. The van der Waals surface area contributed by atoms with Crippen molar-refractivity contribution in [2.45, 2.75) is 37.7 Å². The second kappa shape index (κ2) is 6.07. The summed E-state index contributed by atoms with van der Waals surface area (Å²) in [5.41, 5.74) is 3.65. The SMILES string of the molecule is O=C(OC1CCc2ccccc2C1)C1CCOc2ccccc21. The maximum absolute atomic E-state index is 12.7. The molecule has 1 heterocycles. The van der Waals surface area contributed by atoms with E-state index in [9.17, 15) is 4.79 Å². The summed E-state index contributed by atoms with van der Waals surface area (Å²) in [4.78, 5) is 12.7. The Bertz CT molecular complexity index is 722. The quantitative estimate of drug-likeness (QED) is 0.794. The van der Waals surface area contributed by atoms with Crippen LogP contribution in [0.25, 0.3) is 0 Å². The van der Waals surface area contributed by atoms with Gasteiger partial charge in [-0.05, 0) is 36.5 Å². The Balaban J connectivity index is 1.47. The molecule has 2 aromatic carbocycles. The van der Waals surface area contributed by atoms with Crippen LogP contribution in [0.1, 0.15) is 35.4 Å². The van der Waals surface area contributed by atoms with Crippen molar-refractivity contribution in [2.24, 2.45) is 0 Å². The molecular weight excluding hydrogens is 288 g/mol. The van der Waals surface area contributed by atoms with Crippen LogP contribution in [0.15, 0.2) is 48.5 Å². The molecular formula is C20H20O3. The molecule has 2 atom stereocenters. The first-order valence-electron chi connectivity index (χ1n) is 8.30. The van der Waals surface area contributed by atoms with E-state index in [0.717, 1.165) is 30.6 Å². The van der Waals surface area contributed by atoms with E-state index >= 15 is 0 Å². The zero-order valence-corrected chi connectivity index (χ0v) is 13.0. The Morgan fingerprint density at radius 2 is 1.78 bits per heavy atom. The van der Waals surface area contributed by atoms with Crippen LogP contribution in [0.3, 0.4) is 0 Å². The van der Waals surface area contributed by atoms with E-state index in [1.165, 1.54) is 11.1 Å². The molecule has 0 N–H and O–H groups in total. The normalized spacial score (nSPS) is 22.4. The van der Waals surface area contributed by atoms with Gasteiger partial charge in [0.2, 0.25) is 0 Å². The lowest BCUT2D eigenvalue weighted by Crippen LogP contribution is -2.30. The summed E-state index contributed by atoms with van der Waals surface area (Å²) < 4.78 is 11.5. The predicted molar refractivity (Wildman–Crippen MR) is 87.6 cm³/mol. The van der Waals surface area contributed by atoms with E-state index in [1.807, 2.05) is 24.3 Å². The highest BCUT2D eigenvalue weighted by Crippen LogP contribution is 2.35. The second-order valence-electron chi connectivity index (χ2n) is 6.30. The Kier molecular flexibility index (Phi) is 3.78. The molecule has 2 aliphatic rings. The van der Waals surface area contributed by atoms with Gasteiger partial charge < -0.3 is 9.47 Å². The molecule has 0 bridgehead atoms. The molecule has 0 spiro atoms. The number of aryl methyl sites for hydroxylation is 1. The fourth-order valence-corrected chi connectivity index (χ4v) is 3.60. The largest absolute Gasteiger partial charge is 0.493 e. The van der Waals surface area contributed by atoms with Crippen LogP contribution >= 0.6 is 0 Å². The molecule has 0 fully saturated rings. The molecule has 0 amide bonds. The van der Waals surface area contributed by atoms with Gasteiger partial charge in [0.25, 0.3) is 0 Å². The van der Waals surface area contributed by atoms with E-state index in [1.54, 1.807) is 0 Å². The molecule has 2 aromatic rings. The highest BCUT2D eigenvalue weighted by atomic mass is 16.5. The molecule has 0 saturated carbocycles. The summed E-state index contributed by atoms with van der Waals surface area (Å²) >= 11 is 0. The average Bonchev–Trinajstić information content (AvgIpc) is 2.61. The van der Waals surface area contributed by atoms with Crippen molar-refractivity contribution in [1.29, 1.82) is 0 Å². The number of rotatable bonds is 2. The highest BCUT2D eigenvalue weighted by Gasteiger charge is 2.31. The number of ether oxygens (including phenoxy) is 2. The van der Waals surface area contributed by atoms with E-state index in [4.69, 9.17) is 9.47 Å². The monoisotopic (exact) mass is 308 g/mol. The van der Waals surface area contributed by atoms with Crippen LogP contribution in [-0.4, -0.2) is 18.7 Å². The number of carbonyl (C=O) groups excluding carboxylic acids is 1. The van der Waals surface area contributed by atoms with Crippen molar-refractivity contribution < 1.29 is 14.3 Å². The minimum atomic E-state index is -0.197. The van der Waals surface area contributed by atoms with Crippen LogP contribution in [0.2, 0.25) is 0 Å². The van der Waals surface area contributed by atoms with Crippen LogP contribution in [0.4, 0.5) is 0 Å². The first-order chi connectivity index (χ1) is 11.3. The van der Waals surface area contributed by atoms with Crippen LogP contribution < -0.4 is 4.74 Å². The number of hydrogen-bond acceptors (Lipinski definition) is 3. The number of esters is 1. The Morgan fingerprint density at radius 3 is 2.70 bits per heavy atom. The molecule has 118 valence electrons. The lowest BCUT2D eigenvalue weighted by Gasteiger charge is -2.29. The van der Waals surface area contributed by atoms with Gasteiger partial charge in [-0.2, -0.15) is 0 Å². The molecule has 0 saturated heterocycles. The highest BCUT2D eigenvalue weighted by molar-refractivity contribution is 5.79. The van der Waals surface area contributed by atoms with Gasteiger partial charge in [0, 0.05) is 12.0 Å². The first kappa shape index (κ1) is 14.3. The van der Waals surface area contributed by atoms with Crippen molar-refractivity contribution in [3.63, 3.8) is 0 Å². The van der Waals surface area contributed by atoms with Crippen molar-refractivity contribution in [1.82, 2.24) is 0 Å². The van der Waals surface area contributed by atoms with Gasteiger partial charge in [-0.1, -0.05) is 42.5 Å². The number of para-hydroxylation sites is 1. The Morgan fingerprint density at radius 1 is 1.00 bits per heavy atom. The van der Waals surface area contributed by atoms with Gasteiger partial charge in [0.1, 0.15) is 11.9 Å². The Labute approximate surface area is 136 Å². The van der Waals surface area contributed by atoms with E-state index < -0.39 is 0 Å². The summed E-state index contributed by atoms with van der Waals surface area (Å²) in [7, 11) is 0.